The molecule has 1 fully saturated rings. The second-order valence-electron chi connectivity index (χ2n) is 5.39. The molecule has 1 atom stereocenters. The van der Waals surface area contributed by atoms with Crippen LogP contribution in [0.3, 0.4) is 0 Å². The Morgan fingerprint density at radius 3 is 2.76 bits per heavy atom. The van der Waals surface area contributed by atoms with Crippen LogP contribution in [0.5, 0.6) is 0 Å². The lowest BCUT2D eigenvalue weighted by Gasteiger charge is -2.31. The largest absolute Gasteiger partial charge is 0.481 e. The van der Waals surface area contributed by atoms with E-state index in [1.807, 2.05) is 6.92 Å². The molecule has 98 valence electrons. The Kier molecular flexibility index (Phi) is 4.51. The lowest BCUT2D eigenvalue weighted by atomic mass is 9.93. The molecule has 1 aliphatic heterocycles. The highest BCUT2D eigenvalue weighted by Gasteiger charge is 2.34. The van der Waals surface area contributed by atoms with Gasteiger partial charge in [0.1, 0.15) is 0 Å². The van der Waals surface area contributed by atoms with E-state index in [0.717, 1.165) is 13.1 Å². The summed E-state index contributed by atoms with van der Waals surface area (Å²) >= 11 is 0. The molecule has 2 N–H and O–H groups in total. The highest BCUT2D eigenvalue weighted by atomic mass is 16.4. The van der Waals surface area contributed by atoms with Gasteiger partial charge in [-0.2, -0.15) is 0 Å². The maximum atomic E-state index is 11.9. The minimum absolute atomic E-state index is 0.0314. The predicted octanol–water partition coefficient (Wildman–Crippen LogP) is 0.698. The first-order valence-electron chi connectivity index (χ1n) is 6.09. The SMILES string of the molecule is CCN1CC(C)(C)CNC(=O)C1CCC(=O)O. The number of hydrogen-bond acceptors (Lipinski definition) is 3. The Balaban J connectivity index is 2.75. The minimum atomic E-state index is -0.850. The Labute approximate surface area is 102 Å². The van der Waals surface area contributed by atoms with Crippen LogP contribution in [0.15, 0.2) is 0 Å². The van der Waals surface area contributed by atoms with Gasteiger partial charge in [0.2, 0.25) is 5.91 Å². The summed E-state index contributed by atoms with van der Waals surface area (Å²) < 4.78 is 0. The van der Waals surface area contributed by atoms with Crippen LogP contribution in [-0.4, -0.2) is 47.6 Å². The van der Waals surface area contributed by atoms with Crippen LogP contribution in [0.2, 0.25) is 0 Å². The monoisotopic (exact) mass is 242 g/mol. The number of carboxylic acid groups (broad SMARTS) is 1. The molecule has 0 aromatic carbocycles. The molecule has 1 saturated heterocycles. The Morgan fingerprint density at radius 1 is 1.59 bits per heavy atom. The van der Waals surface area contributed by atoms with Gasteiger partial charge in [-0.05, 0) is 18.4 Å². The lowest BCUT2D eigenvalue weighted by Crippen LogP contribution is -2.44. The van der Waals surface area contributed by atoms with Crippen molar-refractivity contribution < 1.29 is 14.7 Å². The van der Waals surface area contributed by atoms with E-state index >= 15 is 0 Å². The minimum Gasteiger partial charge on any atom is -0.481 e. The number of aliphatic carboxylic acids is 1. The zero-order chi connectivity index (χ0) is 13.1. The van der Waals surface area contributed by atoms with E-state index < -0.39 is 5.97 Å². The van der Waals surface area contributed by atoms with Crippen LogP contribution in [-0.2, 0) is 9.59 Å². The van der Waals surface area contributed by atoms with Gasteiger partial charge in [0, 0.05) is 19.5 Å². The Bertz CT molecular complexity index is 302. The second-order valence-corrected chi connectivity index (χ2v) is 5.39. The molecule has 0 bridgehead atoms. The molecular weight excluding hydrogens is 220 g/mol. The maximum absolute atomic E-state index is 11.9. The molecule has 17 heavy (non-hydrogen) atoms. The van der Waals surface area contributed by atoms with E-state index in [1.54, 1.807) is 0 Å². The number of carboxylic acids is 1. The number of nitrogens with zero attached hydrogens (tertiary/aromatic N) is 1. The summed E-state index contributed by atoms with van der Waals surface area (Å²) in [7, 11) is 0. The third-order valence-corrected chi connectivity index (χ3v) is 3.15. The first-order valence-corrected chi connectivity index (χ1v) is 6.09. The highest BCUT2D eigenvalue weighted by molar-refractivity contribution is 5.82. The Morgan fingerprint density at radius 2 is 2.24 bits per heavy atom. The summed E-state index contributed by atoms with van der Waals surface area (Å²) in [6.07, 6.45) is 0.417. The number of amides is 1. The van der Waals surface area contributed by atoms with E-state index in [4.69, 9.17) is 5.11 Å². The molecule has 0 radical (unpaired) electrons. The fourth-order valence-electron chi connectivity index (χ4n) is 2.23. The smallest absolute Gasteiger partial charge is 0.303 e. The summed E-state index contributed by atoms with van der Waals surface area (Å²) in [5.41, 5.74) is 0.0314. The van der Waals surface area contributed by atoms with Gasteiger partial charge in [0.05, 0.1) is 6.04 Å². The van der Waals surface area contributed by atoms with Gasteiger partial charge < -0.3 is 10.4 Å². The van der Waals surface area contributed by atoms with Gasteiger partial charge in [-0.15, -0.1) is 0 Å². The van der Waals surface area contributed by atoms with Crippen LogP contribution in [0.4, 0.5) is 0 Å². The van der Waals surface area contributed by atoms with Crippen LogP contribution < -0.4 is 5.32 Å². The van der Waals surface area contributed by atoms with E-state index in [9.17, 15) is 9.59 Å². The van der Waals surface area contributed by atoms with E-state index in [0.29, 0.717) is 13.0 Å². The van der Waals surface area contributed by atoms with Gasteiger partial charge >= 0.3 is 5.97 Å². The predicted molar refractivity (Wildman–Crippen MR) is 64.7 cm³/mol. The second kappa shape index (κ2) is 5.49. The van der Waals surface area contributed by atoms with Crippen LogP contribution >= 0.6 is 0 Å². The van der Waals surface area contributed by atoms with Crippen LogP contribution in [0.25, 0.3) is 0 Å². The summed E-state index contributed by atoms with van der Waals surface area (Å²) in [4.78, 5) is 24.6. The average molecular weight is 242 g/mol. The molecule has 0 aliphatic carbocycles. The summed E-state index contributed by atoms with van der Waals surface area (Å²) in [6.45, 7) is 8.44. The molecule has 5 nitrogen and oxygen atoms in total. The number of rotatable bonds is 4. The van der Waals surface area contributed by atoms with Gasteiger partial charge in [0.15, 0.2) is 0 Å². The van der Waals surface area contributed by atoms with Crippen molar-refractivity contribution in [3.8, 4) is 0 Å². The fraction of sp³-hybridized carbons (Fsp3) is 0.833. The van der Waals surface area contributed by atoms with E-state index in [-0.39, 0.29) is 23.8 Å². The number of nitrogens with one attached hydrogen (secondary N) is 1. The van der Waals surface area contributed by atoms with Crippen LogP contribution in [0.1, 0.15) is 33.6 Å². The molecule has 1 amide bonds. The van der Waals surface area contributed by atoms with E-state index in [2.05, 4.69) is 24.1 Å². The highest BCUT2D eigenvalue weighted by Crippen LogP contribution is 2.22. The zero-order valence-electron chi connectivity index (χ0n) is 10.8. The molecule has 0 saturated carbocycles. The number of carbonyl (C=O) groups excluding carboxylic acids is 1. The maximum Gasteiger partial charge on any atom is 0.303 e. The number of likely N-dealkylation sites (N-methyl/N-ethyl adjacent to an activating group) is 1. The fourth-order valence-corrected chi connectivity index (χ4v) is 2.23. The topological polar surface area (TPSA) is 69.6 Å². The van der Waals surface area contributed by atoms with Gasteiger partial charge in [0.25, 0.3) is 0 Å². The van der Waals surface area contributed by atoms with Crippen molar-refractivity contribution in [2.24, 2.45) is 5.41 Å². The zero-order valence-corrected chi connectivity index (χ0v) is 10.8. The van der Waals surface area contributed by atoms with Crippen molar-refractivity contribution in [3.63, 3.8) is 0 Å². The standard InChI is InChI=1S/C12H22N2O3/c1-4-14-8-12(2,3)7-13-11(17)9(14)5-6-10(15)16/h9H,4-8H2,1-3H3,(H,13,17)(H,15,16). The normalized spacial score (nSPS) is 25.1. The van der Waals surface area contributed by atoms with Crippen molar-refractivity contribution in [1.82, 2.24) is 10.2 Å². The third kappa shape index (κ3) is 4.00. The van der Waals surface area contributed by atoms with Crippen molar-refractivity contribution >= 4 is 11.9 Å². The lowest BCUT2D eigenvalue weighted by molar-refractivity contribution is -0.137. The quantitative estimate of drug-likeness (QED) is 0.761. The van der Waals surface area contributed by atoms with Crippen LogP contribution in [0, 0.1) is 5.41 Å². The molecule has 1 unspecified atom stereocenters. The molecule has 5 heteroatoms. The first-order chi connectivity index (χ1) is 7.85. The molecule has 1 aliphatic rings. The van der Waals surface area contributed by atoms with Crippen molar-refractivity contribution in [2.45, 2.75) is 39.7 Å². The molecule has 0 aromatic rings. The molecule has 0 aromatic heterocycles. The van der Waals surface area contributed by atoms with Gasteiger partial charge in [-0.3, -0.25) is 14.5 Å². The van der Waals surface area contributed by atoms with Gasteiger partial charge in [-0.1, -0.05) is 20.8 Å². The summed E-state index contributed by atoms with van der Waals surface area (Å²) in [5.74, 6) is -0.893. The van der Waals surface area contributed by atoms with Gasteiger partial charge in [-0.25, -0.2) is 0 Å². The average Bonchev–Trinajstić information content (AvgIpc) is 2.34. The number of carbonyl (C=O) groups is 2. The van der Waals surface area contributed by atoms with Crippen molar-refractivity contribution in [1.29, 1.82) is 0 Å². The molecule has 0 spiro atoms. The Hall–Kier alpha value is -1.10. The summed E-state index contributed by atoms with van der Waals surface area (Å²) in [5, 5.41) is 11.6. The van der Waals surface area contributed by atoms with E-state index in [1.165, 1.54) is 0 Å². The summed E-state index contributed by atoms with van der Waals surface area (Å²) in [6, 6.07) is -0.308. The molecular formula is C12H22N2O3. The van der Waals surface area contributed by atoms with Crippen molar-refractivity contribution in [2.75, 3.05) is 19.6 Å². The first kappa shape index (κ1) is 14.0. The number of hydrogen-bond donors (Lipinski definition) is 2. The molecule has 1 heterocycles. The van der Waals surface area contributed by atoms with Crippen molar-refractivity contribution in [3.05, 3.63) is 0 Å². The third-order valence-electron chi connectivity index (χ3n) is 3.15. The molecule has 1 rings (SSSR count).